The lowest BCUT2D eigenvalue weighted by molar-refractivity contribution is 0.1000. The minimum Gasteiger partial charge on any atom is -0.495 e. The third-order valence-electron chi connectivity index (χ3n) is 3.30. The van der Waals surface area contributed by atoms with E-state index in [9.17, 15) is 4.79 Å². The van der Waals surface area contributed by atoms with E-state index < -0.39 is 5.91 Å². The molecule has 0 heterocycles. The van der Waals surface area contributed by atoms with E-state index in [0.29, 0.717) is 22.9 Å². The first kappa shape index (κ1) is 15.2. The van der Waals surface area contributed by atoms with Gasteiger partial charge in [-0.2, -0.15) is 0 Å². The van der Waals surface area contributed by atoms with Gasteiger partial charge in [-0.3, -0.25) is 4.79 Å². The van der Waals surface area contributed by atoms with Gasteiger partial charge in [0, 0.05) is 17.8 Å². The summed E-state index contributed by atoms with van der Waals surface area (Å²) in [5, 5.41) is 3.85. The summed E-state index contributed by atoms with van der Waals surface area (Å²) < 4.78 is 5.12. The quantitative estimate of drug-likeness (QED) is 0.890. The molecule has 0 aliphatic carbocycles. The molecule has 5 heteroatoms. The first-order valence-electron chi connectivity index (χ1n) is 6.48. The van der Waals surface area contributed by atoms with Gasteiger partial charge >= 0.3 is 0 Å². The third-order valence-corrected chi connectivity index (χ3v) is 3.59. The van der Waals surface area contributed by atoms with E-state index in [1.807, 2.05) is 31.2 Å². The van der Waals surface area contributed by atoms with Crippen LogP contribution in [0.3, 0.4) is 0 Å². The number of rotatable bonds is 5. The van der Waals surface area contributed by atoms with Crippen LogP contribution in [0.15, 0.2) is 36.4 Å². The van der Waals surface area contributed by atoms with E-state index in [1.165, 1.54) is 0 Å². The van der Waals surface area contributed by atoms with Gasteiger partial charge in [-0.15, -0.1) is 0 Å². The number of halogens is 1. The zero-order valence-corrected chi connectivity index (χ0v) is 12.7. The molecule has 0 fully saturated rings. The molecule has 0 saturated carbocycles. The molecule has 3 N–H and O–H groups in total. The number of carbonyl (C=O) groups is 1. The van der Waals surface area contributed by atoms with Crippen LogP contribution in [0.2, 0.25) is 5.02 Å². The molecule has 0 spiro atoms. The fourth-order valence-corrected chi connectivity index (χ4v) is 2.39. The van der Waals surface area contributed by atoms with Crippen LogP contribution in [0.25, 0.3) is 0 Å². The Bertz CT molecular complexity index is 671. The Morgan fingerprint density at radius 3 is 2.71 bits per heavy atom. The Balaban J connectivity index is 2.15. The first-order valence-corrected chi connectivity index (χ1v) is 6.86. The van der Waals surface area contributed by atoms with E-state index in [4.69, 9.17) is 22.1 Å². The molecule has 0 saturated heterocycles. The van der Waals surface area contributed by atoms with Crippen LogP contribution in [0.5, 0.6) is 5.75 Å². The maximum absolute atomic E-state index is 11.3. The van der Waals surface area contributed by atoms with Gasteiger partial charge in [0.05, 0.1) is 12.1 Å². The normalized spacial score (nSPS) is 10.2. The number of hydrogen-bond donors (Lipinski definition) is 2. The molecule has 1 amide bonds. The van der Waals surface area contributed by atoms with Crippen molar-refractivity contribution in [2.45, 2.75) is 13.5 Å². The third kappa shape index (κ3) is 3.47. The second-order valence-electron chi connectivity index (χ2n) is 4.66. The smallest absolute Gasteiger partial charge is 0.249 e. The van der Waals surface area contributed by atoms with Gasteiger partial charge in [0.15, 0.2) is 0 Å². The van der Waals surface area contributed by atoms with Crippen molar-refractivity contribution in [2.75, 3.05) is 12.4 Å². The number of carbonyl (C=O) groups excluding carboxylic acids is 1. The molecule has 21 heavy (non-hydrogen) atoms. The lowest BCUT2D eigenvalue weighted by atomic mass is 10.1. The minimum absolute atomic E-state index is 0.427. The summed E-state index contributed by atoms with van der Waals surface area (Å²) in [7, 11) is 1.58. The molecule has 2 rings (SSSR count). The molecular formula is C16H17ClN2O2. The summed E-state index contributed by atoms with van der Waals surface area (Å²) in [6, 6.07) is 11.0. The van der Waals surface area contributed by atoms with Crippen molar-refractivity contribution in [2.24, 2.45) is 5.73 Å². The molecule has 2 aromatic rings. The van der Waals surface area contributed by atoms with E-state index in [1.54, 1.807) is 19.2 Å². The number of primary amides is 1. The number of benzene rings is 2. The Labute approximate surface area is 128 Å². The average molecular weight is 305 g/mol. The Kier molecular flexibility index (Phi) is 4.70. The van der Waals surface area contributed by atoms with Crippen LogP contribution in [0, 0.1) is 6.92 Å². The van der Waals surface area contributed by atoms with E-state index >= 15 is 0 Å². The number of amides is 1. The van der Waals surface area contributed by atoms with Crippen molar-refractivity contribution in [1.29, 1.82) is 0 Å². The van der Waals surface area contributed by atoms with Crippen molar-refractivity contribution in [3.05, 3.63) is 58.1 Å². The summed E-state index contributed by atoms with van der Waals surface area (Å²) >= 11 is 6.10. The summed E-state index contributed by atoms with van der Waals surface area (Å²) in [6.45, 7) is 2.45. The Morgan fingerprint density at radius 2 is 2.10 bits per heavy atom. The summed E-state index contributed by atoms with van der Waals surface area (Å²) in [6.07, 6.45) is 0. The summed E-state index contributed by atoms with van der Waals surface area (Å²) in [5.74, 6) is 0.218. The number of nitrogens with two attached hydrogens (primary N) is 1. The van der Waals surface area contributed by atoms with Crippen LogP contribution in [-0.2, 0) is 6.54 Å². The fraction of sp³-hybridized carbons (Fsp3) is 0.188. The lowest BCUT2D eigenvalue weighted by Gasteiger charge is -2.12. The number of ether oxygens (including phenoxy) is 1. The highest BCUT2D eigenvalue weighted by Crippen LogP contribution is 2.26. The largest absolute Gasteiger partial charge is 0.495 e. The van der Waals surface area contributed by atoms with Gasteiger partial charge < -0.3 is 15.8 Å². The van der Waals surface area contributed by atoms with Gasteiger partial charge in [0.25, 0.3) is 0 Å². The molecular weight excluding hydrogens is 288 g/mol. The monoisotopic (exact) mass is 304 g/mol. The maximum atomic E-state index is 11.3. The van der Waals surface area contributed by atoms with Gasteiger partial charge in [0.2, 0.25) is 5.91 Å². The van der Waals surface area contributed by atoms with E-state index in [2.05, 4.69) is 5.32 Å². The van der Waals surface area contributed by atoms with Crippen LogP contribution < -0.4 is 15.8 Å². The number of anilines is 1. The van der Waals surface area contributed by atoms with Crippen molar-refractivity contribution in [3.63, 3.8) is 0 Å². The highest BCUT2D eigenvalue weighted by Gasteiger charge is 2.08. The van der Waals surface area contributed by atoms with Crippen LogP contribution in [-0.4, -0.2) is 13.0 Å². The first-order chi connectivity index (χ1) is 10.0. The SMILES string of the molecule is COc1ccc(CNc2cccc(C(N)=O)c2C)cc1Cl. The van der Waals surface area contributed by atoms with Crippen LogP contribution >= 0.6 is 11.6 Å². The van der Waals surface area contributed by atoms with Gasteiger partial charge in [-0.25, -0.2) is 0 Å². The topological polar surface area (TPSA) is 64.3 Å². The molecule has 110 valence electrons. The molecule has 0 aromatic heterocycles. The number of hydrogen-bond acceptors (Lipinski definition) is 3. The zero-order chi connectivity index (χ0) is 15.4. The maximum Gasteiger partial charge on any atom is 0.249 e. The van der Waals surface area contributed by atoms with Gasteiger partial charge in [0.1, 0.15) is 5.75 Å². The summed E-state index contributed by atoms with van der Waals surface area (Å²) in [4.78, 5) is 11.3. The predicted octanol–water partition coefficient (Wildman–Crippen LogP) is 3.37. The molecule has 0 aliphatic heterocycles. The Morgan fingerprint density at radius 1 is 1.33 bits per heavy atom. The number of nitrogens with one attached hydrogen (secondary N) is 1. The van der Waals surface area contributed by atoms with Crippen LogP contribution in [0.4, 0.5) is 5.69 Å². The molecule has 0 atom stereocenters. The molecule has 2 aromatic carbocycles. The van der Waals surface area contributed by atoms with Crippen molar-refractivity contribution >= 4 is 23.2 Å². The lowest BCUT2D eigenvalue weighted by Crippen LogP contribution is -2.13. The average Bonchev–Trinajstić information content (AvgIpc) is 2.46. The van der Waals surface area contributed by atoms with Crippen LogP contribution in [0.1, 0.15) is 21.5 Å². The standard InChI is InChI=1S/C16H17ClN2O2/c1-10-12(16(18)20)4-3-5-14(10)19-9-11-6-7-15(21-2)13(17)8-11/h3-8,19H,9H2,1-2H3,(H2,18,20). The van der Waals surface area contributed by atoms with Crippen molar-refractivity contribution in [1.82, 2.24) is 0 Å². The second-order valence-corrected chi connectivity index (χ2v) is 5.07. The summed E-state index contributed by atoms with van der Waals surface area (Å²) in [5.41, 5.74) is 8.59. The molecule has 4 nitrogen and oxygen atoms in total. The van der Waals surface area contributed by atoms with Gasteiger partial charge in [-0.1, -0.05) is 23.7 Å². The highest BCUT2D eigenvalue weighted by molar-refractivity contribution is 6.32. The Hall–Kier alpha value is -2.20. The predicted molar refractivity (Wildman–Crippen MR) is 85.0 cm³/mol. The number of methoxy groups -OCH3 is 1. The van der Waals surface area contributed by atoms with E-state index in [0.717, 1.165) is 16.8 Å². The zero-order valence-electron chi connectivity index (χ0n) is 11.9. The van der Waals surface area contributed by atoms with Gasteiger partial charge in [-0.05, 0) is 42.3 Å². The second kappa shape index (κ2) is 6.50. The van der Waals surface area contributed by atoms with E-state index in [-0.39, 0.29) is 0 Å². The molecule has 0 aliphatic rings. The molecule has 0 radical (unpaired) electrons. The van der Waals surface area contributed by atoms with Crippen molar-refractivity contribution in [3.8, 4) is 5.75 Å². The highest BCUT2D eigenvalue weighted by atomic mass is 35.5. The fourth-order valence-electron chi connectivity index (χ4n) is 2.11. The van der Waals surface area contributed by atoms with Crippen molar-refractivity contribution < 1.29 is 9.53 Å². The molecule has 0 bridgehead atoms. The molecule has 0 unspecified atom stereocenters. The minimum atomic E-state index is -0.427.